The molecule has 0 spiro atoms. The monoisotopic (exact) mass is 440 g/mol. The van der Waals surface area contributed by atoms with Gasteiger partial charge in [-0.25, -0.2) is 4.98 Å². The summed E-state index contributed by atoms with van der Waals surface area (Å²) in [5.74, 6) is -0.1000. The summed E-state index contributed by atoms with van der Waals surface area (Å²) >= 11 is 0. The standard InChI is InChI=1S/C21H27F3N4O3/c1-2-17(29)12-27-6-8-28(9-7-27)13-19-26-18(14-31-19)20(30)25-11-15-4-3-5-16(10-15)21(22,23)24/h3-5,10,14,17,29H,2,6-9,11-13H2,1H3,(H,25,30)/t17-/m1/s1. The van der Waals surface area contributed by atoms with E-state index in [-0.39, 0.29) is 18.3 Å². The van der Waals surface area contributed by atoms with E-state index in [1.165, 1.54) is 18.4 Å². The Labute approximate surface area is 178 Å². The first kappa shape index (κ1) is 23.2. The van der Waals surface area contributed by atoms with Crippen molar-refractivity contribution in [1.82, 2.24) is 20.1 Å². The molecule has 1 aromatic heterocycles. The van der Waals surface area contributed by atoms with Gasteiger partial charge in [-0.3, -0.25) is 14.6 Å². The molecule has 1 saturated heterocycles. The van der Waals surface area contributed by atoms with E-state index in [0.29, 0.717) is 24.5 Å². The van der Waals surface area contributed by atoms with Crippen LogP contribution in [0.3, 0.4) is 0 Å². The zero-order chi connectivity index (χ0) is 22.4. The number of nitrogens with one attached hydrogen (secondary N) is 1. The van der Waals surface area contributed by atoms with Gasteiger partial charge in [0.2, 0.25) is 5.89 Å². The minimum absolute atomic E-state index is 0.0451. The number of piperazine rings is 1. The summed E-state index contributed by atoms with van der Waals surface area (Å²) < 4.78 is 43.8. The molecule has 2 N–H and O–H groups in total. The van der Waals surface area contributed by atoms with Crippen LogP contribution in [0, 0.1) is 0 Å². The van der Waals surface area contributed by atoms with E-state index in [4.69, 9.17) is 4.42 Å². The molecule has 0 bridgehead atoms. The van der Waals surface area contributed by atoms with Crippen molar-refractivity contribution >= 4 is 5.91 Å². The van der Waals surface area contributed by atoms with Gasteiger partial charge in [0.25, 0.3) is 5.91 Å². The summed E-state index contributed by atoms with van der Waals surface area (Å²) in [4.78, 5) is 20.9. The van der Waals surface area contributed by atoms with Crippen LogP contribution in [0.5, 0.6) is 0 Å². The Morgan fingerprint density at radius 2 is 1.97 bits per heavy atom. The van der Waals surface area contributed by atoms with Crippen molar-refractivity contribution in [3.8, 4) is 0 Å². The van der Waals surface area contributed by atoms with E-state index >= 15 is 0 Å². The Balaban J connectivity index is 1.47. The second-order valence-electron chi connectivity index (χ2n) is 7.65. The molecule has 0 aliphatic carbocycles. The molecule has 1 atom stereocenters. The fraction of sp³-hybridized carbons (Fsp3) is 0.524. The fourth-order valence-electron chi connectivity index (χ4n) is 3.37. The number of alkyl halides is 3. The summed E-state index contributed by atoms with van der Waals surface area (Å²) in [5, 5.41) is 12.3. The molecule has 0 saturated carbocycles. The lowest BCUT2D eigenvalue weighted by atomic mass is 10.1. The number of β-amino-alcohol motifs (C(OH)–C–C–N with tert-alkyl or cyclic N) is 1. The first-order valence-corrected chi connectivity index (χ1v) is 10.3. The lowest BCUT2D eigenvalue weighted by molar-refractivity contribution is -0.137. The van der Waals surface area contributed by atoms with Gasteiger partial charge in [0.1, 0.15) is 6.26 Å². The molecule has 1 aliphatic heterocycles. The second kappa shape index (κ2) is 10.3. The molecule has 1 fully saturated rings. The van der Waals surface area contributed by atoms with Crippen LogP contribution in [0.1, 0.15) is 40.9 Å². The quantitative estimate of drug-likeness (QED) is 0.657. The number of hydrogen-bond acceptors (Lipinski definition) is 6. The van der Waals surface area contributed by atoms with Gasteiger partial charge >= 0.3 is 6.18 Å². The first-order valence-electron chi connectivity index (χ1n) is 10.3. The molecule has 0 unspecified atom stereocenters. The van der Waals surface area contributed by atoms with E-state index < -0.39 is 17.6 Å². The molecule has 1 amide bonds. The van der Waals surface area contributed by atoms with Crippen molar-refractivity contribution in [2.24, 2.45) is 0 Å². The van der Waals surface area contributed by atoms with Crippen molar-refractivity contribution < 1.29 is 27.5 Å². The summed E-state index contributed by atoms with van der Waals surface area (Å²) in [6.07, 6.45) is -2.75. The van der Waals surface area contributed by atoms with Crippen LogP contribution in [0.25, 0.3) is 0 Å². The van der Waals surface area contributed by atoms with Gasteiger partial charge in [-0.05, 0) is 24.1 Å². The smallest absolute Gasteiger partial charge is 0.416 e. The highest BCUT2D eigenvalue weighted by atomic mass is 19.4. The molecular formula is C21H27F3N4O3. The number of carbonyl (C=O) groups excluding carboxylic acids is 1. The van der Waals surface area contributed by atoms with Crippen LogP contribution >= 0.6 is 0 Å². The molecule has 10 heteroatoms. The zero-order valence-corrected chi connectivity index (χ0v) is 17.4. The Hall–Kier alpha value is -2.43. The van der Waals surface area contributed by atoms with E-state index in [1.807, 2.05) is 6.92 Å². The molecule has 2 aromatic rings. The topological polar surface area (TPSA) is 81.8 Å². The summed E-state index contributed by atoms with van der Waals surface area (Å²) in [6, 6.07) is 4.82. The average molecular weight is 440 g/mol. The molecule has 7 nitrogen and oxygen atoms in total. The highest BCUT2D eigenvalue weighted by molar-refractivity contribution is 5.91. The third kappa shape index (κ3) is 6.78. The molecule has 1 aromatic carbocycles. The van der Waals surface area contributed by atoms with Gasteiger partial charge in [0, 0.05) is 39.3 Å². The van der Waals surface area contributed by atoms with E-state index in [1.54, 1.807) is 0 Å². The maximum Gasteiger partial charge on any atom is 0.416 e. The molecule has 3 rings (SSSR count). The van der Waals surface area contributed by atoms with Crippen LogP contribution in [0.2, 0.25) is 0 Å². The van der Waals surface area contributed by atoms with Crippen molar-refractivity contribution in [2.75, 3.05) is 32.7 Å². The van der Waals surface area contributed by atoms with Crippen molar-refractivity contribution in [1.29, 1.82) is 0 Å². The number of aromatic nitrogens is 1. The van der Waals surface area contributed by atoms with E-state index in [0.717, 1.165) is 44.7 Å². The molecule has 2 heterocycles. The molecule has 170 valence electrons. The molecule has 31 heavy (non-hydrogen) atoms. The van der Waals surface area contributed by atoms with Crippen LogP contribution < -0.4 is 5.32 Å². The van der Waals surface area contributed by atoms with Crippen LogP contribution in [-0.4, -0.2) is 64.6 Å². The number of halogens is 3. The number of benzene rings is 1. The fourth-order valence-corrected chi connectivity index (χ4v) is 3.37. The highest BCUT2D eigenvalue weighted by Crippen LogP contribution is 2.29. The third-order valence-corrected chi connectivity index (χ3v) is 5.26. The van der Waals surface area contributed by atoms with Gasteiger partial charge in [-0.1, -0.05) is 19.1 Å². The van der Waals surface area contributed by atoms with Gasteiger partial charge in [0.15, 0.2) is 5.69 Å². The van der Waals surface area contributed by atoms with Crippen LogP contribution in [0.4, 0.5) is 13.2 Å². The summed E-state index contributed by atoms with van der Waals surface area (Å²) in [6.45, 7) is 6.31. The Morgan fingerprint density at radius 1 is 1.26 bits per heavy atom. The number of aliphatic hydroxyl groups is 1. The zero-order valence-electron chi connectivity index (χ0n) is 17.4. The summed E-state index contributed by atoms with van der Waals surface area (Å²) in [7, 11) is 0. The average Bonchev–Trinajstić information content (AvgIpc) is 3.21. The Bertz CT molecular complexity index is 864. The number of hydrogen-bond donors (Lipinski definition) is 2. The Morgan fingerprint density at radius 3 is 2.65 bits per heavy atom. The highest BCUT2D eigenvalue weighted by Gasteiger charge is 2.30. The summed E-state index contributed by atoms with van der Waals surface area (Å²) in [5.41, 5.74) is -0.322. The predicted octanol–water partition coefficient (Wildman–Crippen LogP) is 2.51. The normalized spacial score (nSPS) is 16.9. The van der Waals surface area contributed by atoms with Gasteiger partial charge < -0.3 is 14.8 Å². The van der Waals surface area contributed by atoms with Gasteiger partial charge in [-0.2, -0.15) is 13.2 Å². The maximum absolute atomic E-state index is 12.8. The SMILES string of the molecule is CC[C@@H](O)CN1CCN(Cc2nc(C(=O)NCc3cccc(C(F)(F)F)c3)co2)CC1. The largest absolute Gasteiger partial charge is 0.447 e. The number of nitrogens with zero attached hydrogens (tertiary/aromatic N) is 3. The van der Waals surface area contributed by atoms with Crippen molar-refractivity contribution in [2.45, 2.75) is 38.7 Å². The number of carbonyl (C=O) groups is 1. The first-order chi connectivity index (χ1) is 14.7. The minimum Gasteiger partial charge on any atom is -0.447 e. The van der Waals surface area contributed by atoms with E-state index in [9.17, 15) is 23.1 Å². The Kier molecular flexibility index (Phi) is 7.69. The van der Waals surface area contributed by atoms with Crippen molar-refractivity contribution in [3.63, 3.8) is 0 Å². The van der Waals surface area contributed by atoms with Crippen LogP contribution in [-0.2, 0) is 19.3 Å². The predicted molar refractivity (Wildman–Crippen MR) is 107 cm³/mol. The number of amides is 1. The van der Waals surface area contributed by atoms with Gasteiger partial charge in [0.05, 0.1) is 18.2 Å². The number of rotatable bonds is 8. The third-order valence-electron chi connectivity index (χ3n) is 5.26. The minimum atomic E-state index is -4.43. The molecule has 1 aliphatic rings. The number of aliphatic hydroxyl groups excluding tert-OH is 1. The van der Waals surface area contributed by atoms with Crippen molar-refractivity contribution in [3.05, 3.63) is 53.2 Å². The molecular weight excluding hydrogens is 413 g/mol. The van der Waals surface area contributed by atoms with Gasteiger partial charge in [-0.15, -0.1) is 0 Å². The lowest BCUT2D eigenvalue weighted by Gasteiger charge is -2.34. The van der Waals surface area contributed by atoms with Crippen LogP contribution in [0.15, 0.2) is 34.9 Å². The maximum atomic E-state index is 12.8. The number of oxazole rings is 1. The lowest BCUT2D eigenvalue weighted by Crippen LogP contribution is -2.48. The second-order valence-corrected chi connectivity index (χ2v) is 7.65. The van der Waals surface area contributed by atoms with E-state index in [2.05, 4.69) is 20.1 Å². The molecule has 0 radical (unpaired) electrons.